The lowest BCUT2D eigenvalue weighted by Gasteiger charge is -1.90. The van der Waals surface area contributed by atoms with Crippen molar-refractivity contribution < 1.29 is 5.11 Å². The van der Waals surface area contributed by atoms with E-state index in [-0.39, 0.29) is 0 Å². The minimum Gasteiger partial charge on any atom is -0.396 e. The highest BCUT2D eigenvalue weighted by molar-refractivity contribution is 5.24. The zero-order chi connectivity index (χ0) is 12.6. The van der Waals surface area contributed by atoms with E-state index < -0.39 is 0 Å². The van der Waals surface area contributed by atoms with Gasteiger partial charge in [0.2, 0.25) is 0 Å². The maximum absolute atomic E-state index is 8.58. The number of aliphatic hydroxyl groups is 1. The normalized spacial score (nSPS) is 9.53. The topological polar surface area (TPSA) is 20.2 Å². The van der Waals surface area contributed by atoms with Crippen LogP contribution in [0.5, 0.6) is 0 Å². The predicted molar refractivity (Wildman–Crippen MR) is 74.4 cm³/mol. The zero-order valence-electron chi connectivity index (χ0n) is 11.0. The Labute approximate surface area is 106 Å². The summed E-state index contributed by atoms with van der Waals surface area (Å²) in [6.45, 7) is 2.49. The van der Waals surface area contributed by atoms with E-state index in [4.69, 9.17) is 5.11 Å². The van der Waals surface area contributed by atoms with Crippen LogP contribution in [0.1, 0.15) is 58.3 Å². The molecule has 0 aromatic rings. The highest BCUT2D eigenvalue weighted by Crippen LogP contribution is 1.97. The van der Waals surface area contributed by atoms with Gasteiger partial charge in [-0.1, -0.05) is 49.9 Å². The largest absolute Gasteiger partial charge is 0.396 e. The molecule has 0 heterocycles. The summed E-state index contributed by atoms with van der Waals surface area (Å²) in [5.41, 5.74) is 0. The summed E-state index contributed by atoms with van der Waals surface area (Å²) in [6.07, 6.45) is 12.3. The third-order valence-corrected chi connectivity index (χ3v) is 2.32. The molecule has 0 radical (unpaired) electrons. The van der Waals surface area contributed by atoms with Crippen molar-refractivity contribution in [2.75, 3.05) is 6.61 Å². The van der Waals surface area contributed by atoms with Gasteiger partial charge in [-0.3, -0.25) is 0 Å². The number of hydrogen-bond donors (Lipinski definition) is 1. The molecule has 1 nitrogen and oxygen atoms in total. The van der Waals surface area contributed by atoms with Gasteiger partial charge in [0.15, 0.2) is 0 Å². The summed E-state index contributed by atoms with van der Waals surface area (Å²) in [7, 11) is 0. The third-order valence-electron chi connectivity index (χ3n) is 2.32. The molecule has 0 atom stereocenters. The van der Waals surface area contributed by atoms with Gasteiger partial charge in [0.05, 0.1) is 0 Å². The molecule has 0 fully saturated rings. The second-order valence-corrected chi connectivity index (χ2v) is 3.97. The molecule has 94 valence electrons. The smallest absolute Gasteiger partial charge is 0.0431 e. The first-order chi connectivity index (χ1) is 8.41. The third kappa shape index (κ3) is 14.8. The molecular weight excluding hydrogens is 208 g/mol. The van der Waals surface area contributed by atoms with Crippen molar-refractivity contribution in [3.8, 4) is 23.7 Å². The summed E-state index contributed by atoms with van der Waals surface area (Å²) in [5, 5.41) is 8.58. The predicted octanol–water partition coefficient (Wildman–Crippen LogP) is 3.68. The highest BCUT2D eigenvalue weighted by Gasteiger charge is 1.83. The Balaban J connectivity index is 3.42. The molecule has 0 amide bonds. The van der Waals surface area contributed by atoms with E-state index in [1.54, 1.807) is 0 Å². The van der Waals surface area contributed by atoms with Crippen LogP contribution in [0.4, 0.5) is 0 Å². The van der Waals surface area contributed by atoms with Crippen LogP contribution in [0.3, 0.4) is 0 Å². The summed E-state index contributed by atoms with van der Waals surface area (Å²) in [6, 6.07) is 0. The first kappa shape index (κ1) is 15.8. The summed E-state index contributed by atoms with van der Waals surface area (Å²) < 4.78 is 0. The van der Waals surface area contributed by atoms with E-state index in [0.717, 1.165) is 32.1 Å². The van der Waals surface area contributed by atoms with Crippen LogP contribution in [-0.2, 0) is 0 Å². The van der Waals surface area contributed by atoms with E-state index in [0.29, 0.717) is 6.61 Å². The zero-order valence-corrected chi connectivity index (χ0v) is 11.0. The lowest BCUT2D eigenvalue weighted by Crippen LogP contribution is -1.81. The number of allylic oxidation sites excluding steroid dienone is 2. The lowest BCUT2D eigenvalue weighted by atomic mass is 10.2. The SMILES string of the molecule is CCCCCC#C/C=C\C#CCCCCCO. The van der Waals surface area contributed by atoms with Gasteiger partial charge in [0, 0.05) is 19.4 Å². The first-order valence-corrected chi connectivity index (χ1v) is 6.64. The Kier molecular flexibility index (Phi) is 13.8. The summed E-state index contributed by atoms with van der Waals surface area (Å²) >= 11 is 0. The molecule has 0 aromatic heterocycles. The number of unbranched alkanes of at least 4 members (excludes halogenated alkanes) is 6. The van der Waals surface area contributed by atoms with E-state index in [9.17, 15) is 0 Å². The number of rotatable bonds is 7. The molecule has 0 aliphatic heterocycles. The Morgan fingerprint density at radius 2 is 1.41 bits per heavy atom. The minimum atomic E-state index is 0.293. The van der Waals surface area contributed by atoms with Crippen molar-refractivity contribution in [1.29, 1.82) is 0 Å². The summed E-state index contributed by atoms with van der Waals surface area (Å²) in [4.78, 5) is 0. The molecular formula is C16H24O. The Bertz CT molecular complexity index is 293. The molecule has 0 aliphatic rings. The fourth-order valence-corrected chi connectivity index (χ4v) is 1.31. The van der Waals surface area contributed by atoms with Gasteiger partial charge in [-0.2, -0.15) is 0 Å². The van der Waals surface area contributed by atoms with Crippen molar-refractivity contribution in [3.63, 3.8) is 0 Å². The van der Waals surface area contributed by atoms with Crippen molar-refractivity contribution >= 4 is 0 Å². The molecule has 1 heteroatoms. The highest BCUT2D eigenvalue weighted by atomic mass is 16.2. The van der Waals surface area contributed by atoms with Crippen molar-refractivity contribution in [2.24, 2.45) is 0 Å². The van der Waals surface area contributed by atoms with Crippen LogP contribution < -0.4 is 0 Å². The van der Waals surface area contributed by atoms with Gasteiger partial charge in [0.25, 0.3) is 0 Å². The van der Waals surface area contributed by atoms with Gasteiger partial charge >= 0.3 is 0 Å². The average Bonchev–Trinajstić information content (AvgIpc) is 2.35. The van der Waals surface area contributed by atoms with Crippen molar-refractivity contribution in [2.45, 2.75) is 58.3 Å². The van der Waals surface area contributed by atoms with Crippen LogP contribution in [0.2, 0.25) is 0 Å². The number of hydrogen-bond acceptors (Lipinski definition) is 1. The van der Waals surface area contributed by atoms with Crippen LogP contribution in [0, 0.1) is 23.7 Å². The van der Waals surface area contributed by atoms with Crippen LogP contribution in [-0.4, -0.2) is 11.7 Å². The van der Waals surface area contributed by atoms with Crippen molar-refractivity contribution in [1.82, 2.24) is 0 Å². The molecule has 0 aromatic carbocycles. The second-order valence-electron chi connectivity index (χ2n) is 3.97. The van der Waals surface area contributed by atoms with Gasteiger partial charge in [-0.25, -0.2) is 0 Å². The number of aliphatic hydroxyl groups excluding tert-OH is 1. The molecule has 17 heavy (non-hydrogen) atoms. The molecule has 0 aliphatic carbocycles. The van der Waals surface area contributed by atoms with Gasteiger partial charge in [-0.15, -0.1) is 0 Å². The maximum atomic E-state index is 8.58. The Morgan fingerprint density at radius 3 is 1.94 bits per heavy atom. The monoisotopic (exact) mass is 232 g/mol. The molecule has 0 unspecified atom stereocenters. The molecule has 1 N–H and O–H groups in total. The van der Waals surface area contributed by atoms with E-state index in [1.165, 1.54) is 19.3 Å². The van der Waals surface area contributed by atoms with Crippen LogP contribution in [0.15, 0.2) is 12.2 Å². The first-order valence-electron chi connectivity index (χ1n) is 6.64. The summed E-state index contributed by atoms with van der Waals surface area (Å²) in [5.74, 6) is 12.1. The Morgan fingerprint density at radius 1 is 0.824 bits per heavy atom. The molecule has 0 saturated carbocycles. The molecule has 0 bridgehead atoms. The average molecular weight is 232 g/mol. The molecule has 0 rings (SSSR count). The quantitative estimate of drug-likeness (QED) is 0.524. The standard InChI is InChI=1S/C16H24O/c1-2-3-4-5-6-7-8-9-10-11-12-13-14-15-16-17/h8-9,17H,2-5,12-16H2,1H3/b9-8-. The fraction of sp³-hybridized carbons (Fsp3) is 0.625. The van der Waals surface area contributed by atoms with E-state index in [2.05, 4.69) is 30.6 Å². The van der Waals surface area contributed by atoms with Crippen molar-refractivity contribution in [3.05, 3.63) is 12.2 Å². The van der Waals surface area contributed by atoms with Gasteiger partial charge in [-0.05, 0) is 31.4 Å². The van der Waals surface area contributed by atoms with Gasteiger partial charge < -0.3 is 5.11 Å². The van der Waals surface area contributed by atoms with Crippen LogP contribution in [0.25, 0.3) is 0 Å². The molecule has 0 saturated heterocycles. The van der Waals surface area contributed by atoms with E-state index in [1.807, 2.05) is 12.2 Å². The van der Waals surface area contributed by atoms with E-state index >= 15 is 0 Å². The van der Waals surface area contributed by atoms with Crippen LogP contribution >= 0.6 is 0 Å². The second kappa shape index (κ2) is 14.8. The minimum absolute atomic E-state index is 0.293. The van der Waals surface area contributed by atoms with Gasteiger partial charge in [0.1, 0.15) is 0 Å². The Hall–Kier alpha value is -1.18. The lowest BCUT2D eigenvalue weighted by molar-refractivity contribution is 0.283. The molecule has 0 spiro atoms. The maximum Gasteiger partial charge on any atom is 0.0431 e. The fourth-order valence-electron chi connectivity index (χ4n) is 1.31.